The Morgan fingerprint density at radius 3 is 2.71 bits per heavy atom. The van der Waals surface area contributed by atoms with Gasteiger partial charge in [0.2, 0.25) is 0 Å². The van der Waals surface area contributed by atoms with E-state index in [-0.39, 0.29) is 17.7 Å². The fourth-order valence-electron chi connectivity index (χ4n) is 5.35. The molecule has 0 spiro atoms. The van der Waals surface area contributed by atoms with Gasteiger partial charge in [-0.1, -0.05) is 25.1 Å². The molecule has 200 valence electrons. The molecule has 2 atom stereocenters. The molecule has 0 saturated carbocycles. The number of para-hydroxylation sites is 1. The van der Waals surface area contributed by atoms with Crippen LogP contribution in [-0.2, 0) is 24.4 Å². The highest BCUT2D eigenvalue weighted by atomic mass is 16.5. The van der Waals surface area contributed by atoms with Crippen LogP contribution in [0, 0.1) is 13.8 Å². The molecule has 3 heterocycles. The SMILES string of the molecule is CC[C@@H](c1nnnn1C[C@H]1CCCO1)N(Cc1ccccc1OC)Cc1cc2cc(C)c(C)cc2[nH]c1=O. The molecule has 4 aromatic rings. The minimum absolute atomic E-state index is 0.0837. The van der Waals surface area contributed by atoms with Crippen LogP contribution in [0.25, 0.3) is 10.9 Å². The number of methoxy groups -OCH3 is 1. The molecule has 1 N–H and O–H groups in total. The van der Waals surface area contributed by atoms with Crippen molar-refractivity contribution >= 4 is 10.9 Å². The van der Waals surface area contributed by atoms with Crippen molar-refractivity contribution in [2.75, 3.05) is 13.7 Å². The second-order valence-electron chi connectivity index (χ2n) is 10.1. The summed E-state index contributed by atoms with van der Waals surface area (Å²) in [5.74, 6) is 1.59. The summed E-state index contributed by atoms with van der Waals surface area (Å²) in [6.07, 6.45) is 2.95. The monoisotopic (exact) mass is 516 g/mol. The van der Waals surface area contributed by atoms with Gasteiger partial charge in [0.25, 0.3) is 5.56 Å². The number of pyridine rings is 1. The van der Waals surface area contributed by atoms with Gasteiger partial charge < -0.3 is 14.5 Å². The van der Waals surface area contributed by atoms with E-state index in [1.807, 2.05) is 35.0 Å². The summed E-state index contributed by atoms with van der Waals surface area (Å²) in [6, 6.07) is 14.1. The van der Waals surface area contributed by atoms with Gasteiger partial charge in [0.1, 0.15) is 5.75 Å². The Labute approximate surface area is 222 Å². The highest BCUT2D eigenvalue weighted by molar-refractivity contribution is 5.80. The fraction of sp³-hybridized carbons (Fsp3) is 0.448. The summed E-state index contributed by atoms with van der Waals surface area (Å²) in [5.41, 5.74) is 4.86. The van der Waals surface area contributed by atoms with Gasteiger partial charge in [0.15, 0.2) is 5.82 Å². The van der Waals surface area contributed by atoms with E-state index in [9.17, 15) is 4.79 Å². The molecule has 1 saturated heterocycles. The van der Waals surface area contributed by atoms with Crippen LogP contribution in [0.1, 0.15) is 60.3 Å². The smallest absolute Gasteiger partial charge is 0.252 e. The predicted molar refractivity (Wildman–Crippen MR) is 146 cm³/mol. The highest BCUT2D eigenvalue weighted by Crippen LogP contribution is 2.30. The van der Waals surface area contributed by atoms with Gasteiger partial charge in [-0.25, -0.2) is 4.68 Å². The summed E-state index contributed by atoms with van der Waals surface area (Å²) in [7, 11) is 1.68. The Bertz CT molecular complexity index is 1460. The maximum atomic E-state index is 13.3. The normalized spacial score (nSPS) is 16.4. The molecule has 1 fully saturated rings. The molecule has 9 nitrogen and oxygen atoms in total. The molecule has 1 aliphatic rings. The second-order valence-corrected chi connectivity index (χ2v) is 10.1. The van der Waals surface area contributed by atoms with Gasteiger partial charge in [0, 0.05) is 36.3 Å². The summed E-state index contributed by atoms with van der Waals surface area (Å²) in [4.78, 5) is 18.6. The molecule has 9 heteroatoms. The number of aromatic amines is 1. The van der Waals surface area contributed by atoms with E-state index in [1.54, 1.807) is 7.11 Å². The van der Waals surface area contributed by atoms with Crippen LogP contribution >= 0.6 is 0 Å². The van der Waals surface area contributed by atoms with E-state index in [4.69, 9.17) is 9.47 Å². The van der Waals surface area contributed by atoms with Crippen molar-refractivity contribution in [3.8, 4) is 5.75 Å². The van der Waals surface area contributed by atoms with Crippen molar-refractivity contribution in [2.24, 2.45) is 0 Å². The molecule has 38 heavy (non-hydrogen) atoms. The lowest BCUT2D eigenvalue weighted by molar-refractivity contribution is 0.0887. The number of aromatic nitrogens is 5. The summed E-state index contributed by atoms with van der Waals surface area (Å²) < 4.78 is 13.4. The summed E-state index contributed by atoms with van der Waals surface area (Å²) >= 11 is 0. The number of benzene rings is 2. The van der Waals surface area contributed by atoms with E-state index in [2.05, 4.69) is 58.3 Å². The number of nitrogens with zero attached hydrogens (tertiary/aromatic N) is 5. The Hall–Kier alpha value is -3.56. The Morgan fingerprint density at radius 1 is 1.16 bits per heavy atom. The van der Waals surface area contributed by atoms with E-state index in [1.165, 1.54) is 5.56 Å². The molecule has 1 aliphatic heterocycles. The Balaban J connectivity index is 1.53. The topological polar surface area (TPSA) is 98.2 Å². The molecule has 0 bridgehead atoms. The number of hydrogen-bond donors (Lipinski definition) is 1. The quantitative estimate of drug-likeness (QED) is 0.332. The molecular weight excluding hydrogens is 480 g/mol. The van der Waals surface area contributed by atoms with Gasteiger partial charge in [-0.05, 0) is 84.3 Å². The average Bonchev–Trinajstić information content (AvgIpc) is 3.59. The third-order valence-corrected chi connectivity index (χ3v) is 7.56. The van der Waals surface area contributed by atoms with Gasteiger partial charge in [-0.2, -0.15) is 0 Å². The molecule has 2 aromatic carbocycles. The fourth-order valence-corrected chi connectivity index (χ4v) is 5.35. The van der Waals surface area contributed by atoms with Crippen LogP contribution in [-0.4, -0.2) is 49.9 Å². The first-order chi connectivity index (χ1) is 18.5. The van der Waals surface area contributed by atoms with E-state index in [0.717, 1.165) is 59.5 Å². The molecule has 0 radical (unpaired) electrons. The summed E-state index contributed by atoms with van der Waals surface area (Å²) in [6.45, 7) is 8.68. The van der Waals surface area contributed by atoms with Crippen LogP contribution in [0.2, 0.25) is 0 Å². The number of H-pyrrole nitrogens is 1. The largest absolute Gasteiger partial charge is 0.496 e. The van der Waals surface area contributed by atoms with E-state index >= 15 is 0 Å². The minimum atomic E-state index is -0.119. The van der Waals surface area contributed by atoms with Crippen LogP contribution in [0.15, 0.2) is 47.3 Å². The van der Waals surface area contributed by atoms with Crippen molar-refractivity contribution in [3.63, 3.8) is 0 Å². The van der Waals surface area contributed by atoms with Crippen molar-refractivity contribution in [1.29, 1.82) is 0 Å². The lowest BCUT2D eigenvalue weighted by atomic mass is 10.0. The molecule has 0 amide bonds. The first kappa shape index (κ1) is 26.1. The number of rotatable bonds is 10. The molecular formula is C29H36N6O3. The zero-order valence-corrected chi connectivity index (χ0v) is 22.6. The number of aryl methyl sites for hydroxylation is 2. The van der Waals surface area contributed by atoms with Gasteiger partial charge in [-0.3, -0.25) is 9.69 Å². The zero-order chi connectivity index (χ0) is 26.6. The molecule has 5 rings (SSSR count). The van der Waals surface area contributed by atoms with Crippen molar-refractivity contribution < 1.29 is 9.47 Å². The van der Waals surface area contributed by atoms with E-state index in [0.29, 0.717) is 25.2 Å². The number of nitrogens with one attached hydrogen (secondary N) is 1. The zero-order valence-electron chi connectivity index (χ0n) is 22.6. The van der Waals surface area contributed by atoms with Crippen molar-refractivity contribution in [1.82, 2.24) is 30.1 Å². The molecule has 0 aliphatic carbocycles. The van der Waals surface area contributed by atoms with Crippen molar-refractivity contribution in [3.05, 3.63) is 80.9 Å². The number of fused-ring (bicyclic) bond motifs is 1. The van der Waals surface area contributed by atoms with Crippen molar-refractivity contribution in [2.45, 2.75) is 71.8 Å². The number of tetrazole rings is 1. The maximum Gasteiger partial charge on any atom is 0.252 e. The Morgan fingerprint density at radius 2 is 1.95 bits per heavy atom. The van der Waals surface area contributed by atoms with Gasteiger partial charge in [0.05, 0.1) is 25.8 Å². The van der Waals surface area contributed by atoms with E-state index < -0.39 is 0 Å². The average molecular weight is 517 g/mol. The third kappa shape index (κ3) is 5.49. The molecule has 0 unspecified atom stereocenters. The van der Waals surface area contributed by atoms with Gasteiger partial charge in [-0.15, -0.1) is 5.10 Å². The minimum Gasteiger partial charge on any atom is -0.496 e. The van der Waals surface area contributed by atoms with Gasteiger partial charge >= 0.3 is 0 Å². The van der Waals surface area contributed by atoms with Crippen LogP contribution in [0.4, 0.5) is 0 Å². The number of hydrogen-bond acceptors (Lipinski definition) is 7. The predicted octanol–water partition coefficient (Wildman–Crippen LogP) is 4.47. The molecule has 2 aromatic heterocycles. The van der Waals surface area contributed by atoms with Crippen LogP contribution in [0.5, 0.6) is 5.75 Å². The number of ether oxygens (including phenoxy) is 2. The lowest BCUT2D eigenvalue weighted by Crippen LogP contribution is -2.33. The standard InChI is InChI=1S/C29H36N6O3/c1-5-26(28-31-32-33-35(28)18-24-10-8-12-38-24)34(16-21-9-6-7-11-27(21)37-4)17-23-15-22-13-19(2)20(3)14-25(22)30-29(23)36/h6-7,9,11,13-15,24,26H,5,8,10,12,16-18H2,1-4H3,(H,30,36)/t24-,26+/m1/s1. The second kappa shape index (κ2) is 11.4. The Kier molecular flexibility index (Phi) is 7.85. The summed E-state index contributed by atoms with van der Waals surface area (Å²) in [5, 5.41) is 13.8. The first-order valence-corrected chi connectivity index (χ1v) is 13.3. The lowest BCUT2D eigenvalue weighted by Gasteiger charge is -2.31. The maximum absolute atomic E-state index is 13.3. The first-order valence-electron chi connectivity index (χ1n) is 13.3. The van der Waals surface area contributed by atoms with Crippen LogP contribution < -0.4 is 10.3 Å². The highest BCUT2D eigenvalue weighted by Gasteiger charge is 2.28. The third-order valence-electron chi connectivity index (χ3n) is 7.56. The van der Waals surface area contributed by atoms with Crippen LogP contribution in [0.3, 0.4) is 0 Å².